The number of rotatable bonds is 1. The maximum Gasteiger partial charge on any atom is 0.164 e. The molecule has 1 saturated carbocycles. The van der Waals surface area contributed by atoms with Gasteiger partial charge in [-0.15, -0.1) is 0 Å². The van der Waals surface area contributed by atoms with Gasteiger partial charge in [0, 0.05) is 5.92 Å². The molecule has 5 atom stereocenters. The van der Waals surface area contributed by atoms with E-state index in [0.29, 0.717) is 5.92 Å². The number of aliphatic hydroxyl groups is 1. The number of ether oxygens (including phenoxy) is 2. The van der Waals surface area contributed by atoms with Gasteiger partial charge in [0.25, 0.3) is 0 Å². The molecule has 0 aromatic carbocycles. The van der Waals surface area contributed by atoms with E-state index >= 15 is 0 Å². The molecule has 2 bridgehead atoms. The van der Waals surface area contributed by atoms with E-state index in [1.807, 2.05) is 13.8 Å². The molecular weight excluding hydrogens is 276 g/mol. The fourth-order valence-electron chi connectivity index (χ4n) is 5.06. The highest BCUT2D eigenvalue weighted by molar-refractivity contribution is 5.34. The third kappa shape index (κ3) is 2.05. The first-order valence-electron chi connectivity index (χ1n) is 8.68. The topological polar surface area (TPSA) is 38.7 Å². The van der Waals surface area contributed by atoms with Crippen LogP contribution in [0.5, 0.6) is 0 Å². The van der Waals surface area contributed by atoms with E-state index in [-0.39, 0.29) is 23.5 Å². The first-order chi connectivity index (χ1) is 10.2. The van der Waals surface area contributed by atoms with Crippen LogP contribution in [0.15, 0.2) is 23.8 Å². The van der Waals surface area contributed by atoms with E-state index in [1.165, 1.54) is 0 Å². The Morgan fingerprint density at radius 3 is 2.41 bits per heavy atom. The lowest BCUT2D eigenvalue weighted by atomic mass is 9.53. The summed E-state index contributed by atoms with van der Waals surface area (Å²) in [6, 6.07) is 0. The van der Waals surface area contributed by atoms with Crippen LogP contribution >= 0.6 is 0 Å². The van der Waals surface area contributed by atoms with Crippen molar-refractivity contribution in [3.05, 3.63) is 23.8 Å². The van der Waals surface area contributed by atoms with Crippen LogP contribution in [0.4, 0.5) is 0 Å². The molecule has 3 nitrogen and oxygen atoms in total. The molecule has 1 heterocycles. The Kier molecular flexibility index (Phi) is 3.03. The van der Waals surface area contributed by atoms with Crippen molar-refractivity contribution in [3.8, 4) is 0 Å². The normalized spacial score (nSPS) is 48.1. The molecule has 4 aliphatic carbocycles. The highest BCUT2D eigenvalue weighted by Gasteiger charge is 2.57. The van der Waals surface area contributed by atoms with Crippen LogP contribution < -0.4 is 0 Å². The third-order valence-electron chi connectivity index (χ3n) is 6.28. The summed E-state index contributed by atoms with van der Waals surface area (Å²) in [5.74, 6) is 0.0988. The SMILES string of the molecule is CC1(C)O[C@H]2CCC=C([C@@]3(O)C[C@H]4C=C[C@@H]3CC4(C)C)[C@H]2O1. The molecule has 122 valence electrons. The van der Waals surface area contributed by atoms with Crippen molar-refractivity contribution in [2.24, 2.45) is 17.3 Å². The molecule has 5 aliphatic rings. The Labute approximate surface area is 133 Å². The number of fused-ring (bicyclic) bond motifs is 3. The van der Waals surface area contributed by atoms with Gasteiger partial charge in [-0.25, -0.2) is 0 Å². The summed E-state index contributed by atoms with van der Waals surface area (Å²) in [6.07, 6.45) is 10.6. The molecule has 1 saturated heterocycles. The Balaban J connectivity index is 1.68. The van der Waals surface area contributed by atoms with Gasteiger partial charge in [-0.3, -0.25) is 0 Å². The Bertz CT molecular complexity index is 545. The summed E-state index contributed by atoms with van der Waals surface area (Å²) in [5, 5.41) is 11.6. The minimum absolute atomic E-state index is 0.0791. The molecule has 0 aromatic rings. The van der Waals surface area contributed by atoms with Gasteiger partial charge in [0.2, 0.25) is 0 Å². The Hall–Kier alpha value is -0.640. The van der Waals surface area contributed by atoms with Crippen LogP contribution in [-0.2, 0) is 9.47 Å². The second-order valence-electron chi connectivity index (χ2n) is 8.75. The van der Waals surface area contributed by atoms with E-state index in [2.05, 4.69) is 32.1 Å². The molecule has 0 aromatic heterocycles. The predicted octanol–water partition coefficient (Wildman–Crippen LogP) is 3.58. The van der Waals surface area contributed by atoms with E-state index in [4.69, 9.17) is 9.47 Å². The second kappa shape index (κ2) is 4.46. The van der Waals surface area contributed by atoms with Crippen molar-refractivity contribution in [2.45, 2.75) is 77.0 Å². The van der Waals surface area contributed by atoms with Crippen molar-refractivity contribution >= 4 is 0 Å². The van der Waals surface area contributed by atoms with Crippen LogP contribution in [0.3, 0.4) is 0 Å². The molecule has 1 N–H and O–H groups in total. The molecule has 0 spiro atoms. The smallest absolute Gasteiger partial charge is 0.164 e. The zero-order valence-corrected chi connectivity index (χ0v) is 14.1. The summed E-state index contributed by atoms with van der Waals surface area (Å²) in [7, 11) is 0. The lowest BCUT2D eigenvalue weighted by Gasteiger charge is -2.55. The predicted molar refractivity (Wildman–Crippen MR) is 85.2 cm³/mol. The molecule has 3 heteroatoms. The van der Waals surface area contributed by atoms with E-state index in [1.54, 1.807) is 0 Å². The zero-order valence-electron chi connectivity index (χ0n) is 14.1. The molecule has 0 amide bonds. The van der Waals surface area contributed by atoms with Crippen molar-refractivity contribution in [3.63, 3.8) is 0 Å². The maximum atomic E-state index is 11.6. The zero-order chi connectivity index (χ0) is 15.8. The Morgan fingerprint density at radius 1 is 1.05 bits per heavy atom. The average Bonchev–Trinajstić information content (AvgIpc) is 2.73. The van der Waals surface area contributed by atoms with Gasteiger partial charge in [0.05, 0.1) is 11.7 Å². The van der Waals surface area contributed by atoms with Crippen molar-refractivity contribution < 1.29 is 14.6 Å². The third-order valence-corrected chi connectivity index (χ3v) is 6.28. The monoisotopic (exact) mass is 304 g/mol. The van der Waals surface area contributed by atoms with E-state index in [0.717, 1.165) is 31.3 Å². The molecule has 2 fully saturated rings. The van der Waals surface area contributed by atoms with Gasteiger partial charge in [0.1, 0.15) is 6.10 Å². The van der Waals surface area contributed by atoms with E-state index < -0.39 is 11.4 Å². The summed E-state index contributed by atoms with van der Waals surface area (Å²) in [5.41, 5.74) is 0.624. The lowest BCUT2D eigenvalue weighted by Crippen LogP contribution is -2.55. The summed E-state index contributed by atoms with van der Waals surface area (Å²) in [4.78, 5) is 0. The van der Waals surface area contributed by atoms with Gasteiger partial charge >= 0.3 is 0 Å². The fourth-order valence-corrected chi connectivity index (χ4v) is 5.06. The summed E-state index contributed by atoms with van der Waals surface area (Å²) >= 11 is 0. The minimum atomic E-state index is -0.748. The first-order valence-corrected chi connectivity index (χ1v) is 8.68. The number of hydrogen-bond donors (Lipinski definition) is 1. The van der Waals surface area contributed by atoms with Crippen molar-refractivity contribution in [1.82, 2.24) is 0 Å². The molecule has 5 rings (SSSR count). The van der Waals surface area contributed by atoms with Crippen LogP contribution in [0.2, 0.25) is 0 Å². The fraction of sp³-hybridized carbons (Fsp3) is 0.789. The molecule has 0 radical (unpaired) electrons. The largest absolute Gasteiger partial charge is 0.385 e. The maximum absolute atomic E-state index is 11.6. The van der Waals surface area contributed by atoms with E-state index in [9.17, 15) is 5.11 Å². The van der Waals surface area contributed by atoms with Gasteiger partial charge < -0.3 is 14.6 Å². The molecule has 1 aliphatic heterocycles. The molecule has 0 unspecified atom stereocenters. The van der Waals surface area contributed by atoms with Crippen molar-refractivity contribution in [1.29, 1.82) is 0 Å². The standard InChI is InChI=1S/C19H28O3/c1-17(2)10-13-9-8-12(17)11-19(13,20)14-6-5-7-15-16(14)22-18(3,4)21-15/h6,8-9,12-13,15-16,20H,5,7,10-11H2,1-4H3/t12-,13-,15+,16-,19-/m1/s1. The van der Waals surface area contributed by atoms with Crippen molar-refractivity contribution in [2.75, 3.05) is 0 Å². The lowest BCUT2D eigenvalue weighted by molar-refractivity contribution is -0.147. The van der Waals surface area contributed by atoms with Gasteiger partial charge in [-0.1, -0.05) is 32.1 Å². The number of hydrogen-bond acceptors (Lipinski definition) is 3. The highest BCUT2D eigenvalue weighted by Crippen LogP contribution is 2.57. The number of allylic oxidation sites excluding steroid dienone is 2. The average molecular weight is 304 g/mol. The second-order valence-corrected chi connectivity index (χ2v) is 8.75. The van der Waals surface area contributed by atoms with Gasteiger partial charge in [-0.05, 0) is 56.4 Å². The van der Waals surface area contributed by atoms with Crippen LogP contribution in [-0.4, -0.2) is 28.7 Å². The first kappa shape index (κ1) is 14.9. The van der Waals surface area contributed by atoms with Crippen LogP contribution in [0, 0.1) is 17.3 Å². The quantitative estimate of drug-likeness (QED) is 0.753. The summed E-state index contributed by atoms with van der Waals surface area (Å²) < 4.78 is 12.2. The van der Waals surface area contributed by atoms with Gasteiger partial charge in [0.15, 0.2) is 5.79 Å². The Morgan fingerprint density at radius 2 is 1.77 bits per heavy atom. The minimum Gasteiger partial charge on any atom is -0.385 e. The van der Waals surface area contributed by atoms with Gasteiger partial charge in [-0.2, -0.15) is 0 Å². The molecular formula is C19H28O3. The summed E-state index contributed by atoms with van der Waals surface area (Å²) in [6.45, 7) is 8.60. The van der Waals surface area contributed by atoms with Crippen LogP contribution in [0.25, 0.3) is 0 Å². The molecule has 22 heavy (non-hydrogen) atoms. The van der Waals surface area contributed by atoms with Crippen LogP contribution in [0.1, 0.15) is 53.4 Å². The highest BCUT2D eigenvalue weighted by atomic mass is 16.8.